The van der Waals surface area contributed by atoms with Crippen LogP contribution in [0.2, 0.25) is 0 Å². The molecule has 5 N–H and O–H groups in total. The van der Waals surface area contributed by atoms with Crippen molar-refractivity contribution in [2.24, 2.45) is 16.5 Å². The third-order valence-electron chi connectivity index (χ3n) is 2.05. The third kappa shape index (κ3) is 7.40. The Kier molecular flexibility index (Phi) is 7.16. The molecule has 0 amide bonds. The number of hydrogen-bond donors (Lipinski definition) is 4. The Morgan fingerprint density at radius 2 is 1.40 bits per heavy atom. The Morgan fingerprint density at radius 1 is 0.950 bits per heavy atom. The highest BCUT2D eigenvalue weighted by Crippen LogP contribution is 2.10. The lowest BCUT2D eigenvalue weighted by Gasteiger charge is -2.04. The zero-order valence-electron chi connectivity index (χ0n) is 10.7. The van der Waals surface area contributed by atoms with Crippen molar-refractivity contribution in [3.8, 4) is 0 Å². The van der Waals surface area contributed by atoms with E-state index in [0.717, 1.165) is 11.4 Å². The van der Waals surface area contributed by atoms with Gasteiger partial charge < -0.3 is 16.8 Å². The van der Waals surface area contributed by atoms with Crippen molar-refractivity contribution < 1.29 is 0 Å². The Labute approximate surface area is 129 Å². The Morgan fingerprint density at radius 3 is 1.90 bits per heavy atom. The third-order valence-corrected chi connectivity index (χ3v) is 2.05. The number of nitrogens with zero attached hydrogens (tertiary/aromatic N) is 1. The maximum Gasteiger partial charge on any atom is 0.198 e. The lowest BCUT2D eigenvalue weighted by atomic mass is 10.3. The molecule has 0 spiro atoms. The van der Waals surface area contributed by atoms with E-state index in [4.69, 9.17) is 11.5 Å². The smallest absolute Gasteiger partial charge is 0.198 e. The molecule has 0 radical (unpaired) electrons. The Hall–Kier alpha value is -2.05. The summed E-state index contributed by atoms with van der Waals surface area (Å²) < 4.78 is 0.194. The van der Waals surface area contributed by atoms with Gasteiger partial charge in [0.15, 0.2) is 5.96 Å². The second kappa shape index (κ2) is 8.95. The summed E-state index contributed by atoms with van der Waals surface area (Å²) in [5.74, 6) is 0.386. The summed E-state index contributed by atoms with van der Waals surface area (Å²) in [5, 5.41) is 3.02. The van der Waals surface area contributed by atoms with Crippen molar-refractivity contribution in [3.05, 3.63) is 60.7 Å². The standard InChI is InChI=1S/C13H13N3.CH3NS2/c14-13(15-11-7-3-1-4-8-11)16-12-9-5-2-6-10-12;2-1(3)4/h1-10H,(H3,14,15,16);(H3,2,3,4). The first-order valence-corrected chi connectivity index (χ1v) is 6.63. The van der Waals surface area contributed by atoms with Crippen LogP contribution in [0.1, 0.15) is 0 Å². The SMILES string of the molecule is NC(=Nc1ccccc1)Nc1ccccc1.NC(=S)S. The molecule has 0 saturated carbocycles. The quantitative estimate of drug-likeness (QED) is 0.298. The minimum Gasteiger partial charge on any atom is -0.385 e. The fourth-order valence-electron chi connectivity index (χ4n) is 1.34. The van der Waals surface area contributed by atoms with Crippen molar-refractivity contribution in [1.29, 1.82) is 0 Å². The van der Waals surface area contributed by atoms with Crippen LogP contribution in [0.5, 0.6) is 0 Å². The van der Waals surface area contributed by atoms with Crippen LogP contribution in [-0.2, 0) is 0 Å². The molecule has 0 aliphatic heterocycles. The van der Waals surface area contributed by atoms with Gasteiger partial charge in [-0.15, -0.1) is 12.6 Å². The Balaban J connectivity index is 0.000000444. The average Bonchev–Trinajstić information content (AvgIpc) is 2.40. The van der Waals surface area contributed by atoms with Crippen LogP contribution in [0.15, 0.2) is 65.7 Å². The fraction of sp³-hybridized carbons (Fsp3) is 0. The van der Waals surface area contributed by atoms with Gasteiger partial charge in [0.1, 0.15) is 4.32 Å². The zero-order chi connectivity index (χ0) is 14.8. The largest absolute Gasteiger partial charge is 0.385 e. The van der Waals surface area contributed by atoms with Crippen molar-refractivity contribution in [3.63, 3.8) is 0 Å². The molecular weight excluding hydrogens is 288 g/mol. The van der Waals surface area contributed by atoms with E-state index in [2.05, 4.69) is 35.2 Å². The molecule has 2 rings (SSSR count). The molecule has 0 heterocycles. The van der Waals surface area contributed by atoms with Gasteiger partial charge in [0.2, 0.25) is 0 Å². The van der Waals surface area contributed by atoms with Crippen LogP contribution in [0, 0.1) is 0 Å². The highest BCUT2D eigenvalue weighted by Gasteiger charge is 1.93. The number of aliphatic imine (C=N–C) groups is 1. The molecule has 2 aromatic carbocycles. The number of nitrogens with one attached hydrogen (secondary N) is 1. The summed E-state index contributed by atoms with van der Waals surface area (Å²) in [6.07, 6.45) is 0. The molecule has 0 aromatic heterocycles. The van der Waals surface area contributed by atoms with Crippen molar-refractivity contribution >= 4 is 46.5 Å². The molecule has 0 aliphatic carbocycles. The van der Waals surface area contributed by atoms with Gasteiger partial charge in [-0.1, -0.05) is 48.6 Å². The number of thiol groups is 1. The summed E-state index contributed by atoms with van der Waals surface area (Å²) in [6, 6.07) is 19.3. The summed E-state index contributed by atoms with van der Waals surface area (Å²) in [5.41, 5.74) is 12.3. The van der Waals surface area contributed by atoms with Crippen LogP contribution < -0.4 is 16.8 Å². The second-order valence-corrected chi connectivity index (χ2v) is 4.89. The topological polar surface area (TPSA) is 76.4 Å². The molecule has 0 saturated heterocycles. The van der Waals surface area contributed by atoms with Gasteiger partial charge in [-0.05, 0) is 24.3 Å². The molecule has 6 heteroatoms. The van der Waals surface area contributed by atoms with Crippen LogP contribution in [0.3, 0.4) is 0 Å². The number of nitrogens with two attached hydrogens (primary N) is 2. The van der Waals surface area contributed by atoms with Gasteiger partial charge in [0, 0.05) is 5.69 Å². The predicted octanol–water partition coefficient (Wildman–Crippen LogP) is 2.90. The molecule has 0 fully saturated rings. The first kappa shape index (κ1) is 16.0. The van der Waals surface area contributed by atoms with Gasteiger partial charge in [0.05, 0.1) is 5.69 Å². The number of benzene rings is 2. The van der Waals surface area contributed by atoms with Crippen LogP contribution in [0.4, 0.5) is 11.4 Å². The summed E-state index contributed by atoms with van der Waals surface area (Å²) in [4.78, 5) is 4.24. The van der Waals surface area contributed by atoms with Gasteiger partial charge in [-0.2, -0.15) is 0 Å². The normalized spacial score (nSPS) is 10.2. The lowest BCUT2D eigenvalue weighted by Crippen LogP contribution is -2.21. The number of guanidine groups is 1. The molecule has 4 nitrogen and oxygen atoms in total. The minimum absolute atomic E-state index is 0.194. The molecule has 104 valence electrons. The first-order chi connectivity index (χ1) is 9.58. The number of rotatable bonds is 2. The molecule has 2 aromatic rings. The van der Waals surface area contributed by atoms with E-state index < -0.39 is 0 Å². The highest BCUT2D eigenvalue weighted by atomic mass is 32.1. The summed E-state index contributed by atoms with van der Waals surface area (Å²) >= 11 is 7.65. The van der Waals surface area contributed by atoms with E-state index in [9.17, 15) is 0 Å². The van der Waals surface area contributed by atoms with Gasteiger partial charge in [-0.25, -0.2) is 4.99 Å². The molecule has 0 unspecified atom stereocenters. The van der Waals surface area contributed by atoms with Crippen LogP contribution in [0.25, 0.3) is 0 Å². The van der Waals surface area contributed by atoms with E-state index in [1.54, 1.807) is 0 Å². The summed E-state index contributed by atoms with van der Waals surface area (Å²) in [6.45, 7) is 0. The monoisotopic (exact) mass is 304 g/mol. The maximum absolute atomic E-state index is 5.78. The lowest BCUT2D eigenvalue weighted by molar-refractivity contribution is 1.44. The molecule has 0 bridgehead atoms. The fourth-order valence-corrected chi connectivity index (χ4v) is 1.34. The number of para-hydroxylation sites is 2. The summed E-state index contributed by atoms with van der Waals surface area (Å²) in [7, 11) is 0. The first-order valence-electron chi connectivity index (χ1n) is 5.77. The molecular formula is C14H16N4S2. The number of thiocarbonyl (C=S) groups is 1. The minimum atomic E-state index is 0.194. The number of anilines is 1. The van der Waals surface area contributed by atoms with Crippen molar-refractivity contribution in [2.45, 2.75) is 0 Å². The van der Waals surface area contributed by atoms with Gasteiger partial charge in [0.25, 0.3) is 0 Å². The van der Waals surface area contributed by atoms with E-state index >= 15 is 0 Å². The predicted molar refractivity (Wildman–Crippen MR) is 93.6 cm³/mol. The maximum atomic E-state index is 5.78. The Bertz CT molecular complexity index is 552. The van der Waals surface area contributed by atoms with Crippen LogP contribution in [-0.4, -0.2) is 10.3 Å². The van der Waals surface area contributed by atoms with E-state index in [0.29, 0.717) is 5.96 Å². The zero-order valence-corrected chi connectivity index (χ0v) is 12.4. The van der Waals surface area contributed by atoms with Crippen LogP contribution >= 0.6 is 24.8 Å². The average molecular weight is 304 g/mol. The number of hydrogen-bond acceptors (Lipinski definition) is 2. The van der Waals surface area contributed by atoms with E-state index in [-0.39, 0.29) is 4.32 Å². The second-order valence-electron chi connectivity index (χ2n) is 3.66. The van der Waals surface area contributed by atoms with Crippen molar-refractivity contribution in [1.82, 2.24) is 0 Å². The van der Waals surface area contributed by atoms with Gasteiger partial charge >= 0.3 is 0 Å². The highest BCUT2D eigenvalue weighted by molar-refractivity contribution is 8.10. The van der Waals surface area contributed by atoms with Crippen molar-refractivity contribution in [2.75, 3.05) is 5.32 Å². The van der Waals surface area contributed by atoms with Gasteiger partial charge in [-0.3, -0.25) is 0 Å². The van der Waals surface area contributed by atoms with E-state index in [1.165, 1.54) is 0 Å². The molecule has 0 aliphatic rings. The molecule has 20 heavy (non-hydrogen) atoms. The van der Waals surface area contributed by atoms with E-state index in [1.807, 2.05) is 60.7 Å². The molecule has 0 atom stereocenters.